The summed E-state index contributed by atoms with van der Waals surface area (Å²) in [5, 5.41) is 3.57. The summed E-state index contributed by atoms with van der Waals surface area (Å²) in [6.07, 6.45) is 4.19. The Morgan fingerprint density at radius 3 is 2.69 bits per heavy atom. The summed E-state index contributed by atoms with van der Waals surface area (Å²) in [6.45, 7) is 9.84. The van der Waals surface area contributed by atoms with E-state index in [-0.39, 0.29) is 0 Å². The highest BCUT2D eigenvalue weighted by Crippen LogP contribution is 2.29. The maximum absolute atomic E-state index is 5.41. The van der Waals surface area contributed by atoms with Crippen LogP contribution >= 0.6 is 0 Å². The molecule has 0 aromatic rings. The lowest BCUT2D eigenvalue weighted by Gasteiger charge is -2.32. The second-order valence-corrected chi connectivity index (χ2v) is 5.54. The van der Waals surface area contributed by atoms with E-state index in [1.165, 1.54) is 25.8 Å². The van der Waals surface area contributed by atoms with Gasteiger partial charge in [-0.1, -0.05) is 13.8 Å². The predicted molar refractivity (Wildman–Crippen MR) is 66.7 cm³/mol. The number of rotatable bonds is 4. The molecule has 1 heterocycles. The van der Waals surface area contributed by atoms with Gasteiger partial charge in [-0.15, -0.1) is 0 Å². The van der Waals surface area contributed by atoms with Gasteiger partial charge in [0.05, 0.1) is 13.2 Å². The number of nitrogens with zero attached hydrogens (tertiary/aromatic N) is 1. The second-order valence-electron chi connectivity index (χ2n) is 5.54. The van der Waals surface area contributed by atoms with E-state index in [1.807, 2.05) is 0 Å². The number of hydrogen-bond donors (Lipinski definition) is 1. The van der Waals surface area contributed by atoms with Crippen molar-refractivity contribution in [2.24, 2.45) is 5.92 Å². The third-order valence-electron chi connectivity index (χ3n) is 3.89. The van der Waals surface area contributed by atoms with Gasteiger partial charge in [0.1, 0.15) is 0 Å². The van der Waals surface area contributed by atoms with Gasteiger partial charge in [0.25, 0.3) is 0 Å². The van der Waals surface area contributed by atoms with Crippen molar-refractivity contribution in [2.45, 2.75) is 45.2 Å². The summed E-state index contributed by atoms with van der Waals surface area (Å²) in [7, 11) is 0. The topological polar surface area (TPSA) is 24.5 Å². The molecule has 1 saturated carbocycles. The van der Waals surface area contributed by atoms with Crippen LogP contribution in [0.4, 0.5) is 0 Å². The maximum atomic E-state index is 5.41. The molecule has 1 N–H and O–H groups in total. The second kappa shape index (κ2) is 5.99. The van der Waals surface area contributed by atoms with Crippen molar-refractivity contribution in [1.82, 2.24) is 10.2 Å². The van der Waals surface area contributed by atoms with Crippen LogP contribution in [-0.4, -0.2) is 49.8 Å². The normalized spacial score (nSPS) is 32.4. The molecule has 3 heteroatoms. The quantitative estimate of drug-likeness (QED) is 0.786. The van der Waals surface area contributed by atoms with E-state index in [2.05, 4.69) is 24.1 Å². The van der Waals surface area contributed by atoms with E-state index >= 15 is 0 Å². The van der Waals surface area contributed by atoms with Crippen molar-refractivity contribution in [2.75, 3.05) is 32.8 Å². The molecule has 0 amide bonds. The number of nitrogens with one attached hydrogen (secondary N) is 1. The van der Waals surface area contributed by atoms with Crippen molar-refractivity contribution < 1.29 is 4.74 Å². The Morgan fingerprint density at radius 2 is 2.00 bits per heavy atom. The van der Waals surface area contributed by atoms with E-state index in [0.717, 1.165) is 38.3 Å². The molecule has 0 bridgehead atoms. The maximum Gasteiger partial charge on any atom is 0.0594 e. The van der Waals surface area contributed by atoms with Crippen LogP contribution in [0.5, 0.6) is 0 Å². The Labute approximate surface area is 99.5 Å². The molecular formula is C13H26N2O. The fourth-order valence-corrected chi connectivity index (χ4v) is 2.91. The SMILES string of the molecule is CC(C)NC[C@H]1CC[C@@H](N2CCOCC2)C1. The summed E-state index contributed by atoms with van der Waals surface area (Å²) in [6, 6.07) is 1.46. The van der Waals surface area contributed by atoms with Crippen molar-refractivity contribution in [3.63, 3.8) is 0 Å². The van der Waals surface area contributed by atoms with Crippen LogP contribution in [0.3, 0.4) is 0 Å². The first-order chi connectivity index (χ1) is 7.75. The highest BCUT2D eigenvalue weighted by molar-refractivity contribution is 4.85. The average Bonchev–Trinajstić information content (AvgIpc) is 2.76. The summed E-state index contributed by atoms with van der Waals surface area (Å²) in [5.74, 6) is 0.898. The monoisotopic (exact) mass is 226 g/mol. The molecule has 2 aliphatic rings. The van der Waals surface area contributed by atoms with Crippen molar-refractivity contribution in [1.29, 1.82) is 0 Å². The Bertz CT molecular complexity index is 202. The van der Waals surface area contributed by atoms with Crippen LogP contribution in [0.15, 0.2) is 0 Å². The largest absolute Gasteiger partial charge is 0.379 e. The zero-order valence-corrected chi connectivity index (χ0v) is 10.7. The molecule has 0 aromatic carbocycles. The van der Waals surface area contributed by atoms with Crippen molar-refractivity contribution in [3.05, 3.63) is 0 Å². The fraction of sp³-hybridized carbons (Fsp3) is 1.00. The summed E-state index contributed by atoms with van der Waals surface area (Å²) >= 11 is 0. The zero-order valence-electron chi connectivity index (χ0n) is 10.7. The number of morpholine rings is 1. The Hall–Kier alpha value is -0.120. The minimum absolute atomic E-state index is 0.627. The molecule has 16 heavy (non-hydrogen) atoms. The van der Waals surface area contributed by atoms with Crippen LogP contribution in [0.1, 0.15) is 33.1 Å². The van der Waals surface area contributed by atoms with Gasteiger partial charge in [0.2, 0.25) is 0 Å². The van der Waals surface area contributed by atoms with Gasteiger partial charge < -0.3 is 10.1 Å². The van der Waals surface area contributed by atoms with Gasteiger partial charge in [0.15, 0.2) is 0 Å². The minimum Gasteiger partial charge on any atom is -0.379 e. The predicted octanol–water partition coefficient (Wildman–Crippen LogP) is 1.49. The van der Waals surface area contributed by atoms with Gasteiger partial charge in [-0.25, -0.2) is 0 Å². The summed E-state index contributed by atoms with van der Waals surface area (Å²) < 4.78 is 5.41. The molecule has 94 valence electrons. The van der Waals surface area contributed by atoms with E-state index < -0.39 is 0 Å². The van der Waals surface area contributed by atoms with E-state index in [9.17, 15) is 0 Å². The van der Waals surface area contributed by atoms with Crippen LogP contribution in [0.25, 0.3) is 0 Å². The summed E-state index contributed by atoms with van der Waals surface area (Å²) in [5.41, 5.74) is 0. The molecule has 2 atom stereocenters. The Morgan fingerprint density at radius 1 is 1.25 bits per heavy atom. The molecule has 0 unspecified atom stereocenters. The number of ether oxygens (including phenoxy) is 1. The van der Waals surface area contributed by atoms with Crippen LogP contribution < -0.4 is 5.32 Å². The Balaban J connectivity index is 1.70. The molecule has 1 saturated heterocycles. The average molecular weight is 226 g/mol. The lowest BCUT2D eigenvalue weighted by molar-refractivity contribution is 0.0172. The first-order valence-corrected chi connectivity index (χ1v) is 6.81. The molecule has 2 rings (SSSR count). The number of hydrogen-bond acceptors (Lipinski definition) is 3. The molecule has 1 aliphatic heterocycles. The molecular weight excluding hydrogens is 200 g/mol. The molecule has 0 radical (unpaired) electrons. The minimum atomic E-state index is 0.627. The van der Waals surface area contributed by atoms with E-state index in [1.54, 1.807) is 0 Å². The van der Waals surface area contributed by atoms with E-state index in [0.29, 0.717) is 6.04 Å². The van der Waals surface area contributed by atoms with Gasteiger partial charge >= 0.3 is 0 Å². The molecule has 0 aromatic heterocycles. The molecule has 2 fully saturated rings. The van der Waals surface area contributed by atoms with Crippen molar-refractivity contribution in [3.8, 4) is 0 Å². The first-order valence-electron chi connectivity index (χ1n) is 6.81. The lowest BCUT2D eigenvalue weighted by atomic mass is 10.1. The third-order valence-corrected chi connectivity index (χ3v) is 3.89. The smallest absolute Gasteiger partial charge is 0.0594 e. The first kappa shape index (κ1) is 12.3. The van der Waals surface area contributed by atoms with Gasteiger partial charge in [0, 0.05) is 25.2 Å². The van der Waals surface area contributed by atoms with Gasteiger partial charge in [-0.3, -0.25) is 4.90 Å². The standard InChI is InChI=1S/C13H26N2O/c1-11(2)14-10-12-3-4-13(9-12)15-5-7-16-8-6-15/h11-14H,3-10H2,1-2H3/t12-,13+/m0/s1. The van der Waals surface area contributed by atoms with Crippen LogP contribution in [-0.2, 0) is 4.74 Å². The van der Waals surface area contributed by atoms with Gasteiger partial charge in [-0.05, 0) is 31.7 Å². The zero-order chi connectivity index (χ0) is 11.4. The van der Waals surface area contributed by atoms with Crippen LogP contribution in [0, 0.1) is 5.92 Å². The fourth-order valence-electron chi connectivity index (χ4n) is 2.91. The molecule has 1 aliphatic carbocycles. The Kier molecular flexibility index (Phi) is 4.62. The highest BCUT2D eigenvalue weighted by Gasteiger charge is 2.29. The molecule has 0 spiro atoms. The van der Waals surface area contributed by atoms with Gasteiger partial charge in [-0.2, -0.15) is 0 Å². The summed E-state index contributed by atoms with van der Waals surface area (Å²) in [4.78, 5) is 2.64. The molecule has 3 nitrogen and oxygen atoms in total. The van der Waals surface area contributed by atoms with Crippen molar-refractivity contribution >= 4 is 0 Å². The lowest BCUT2D eigenvalue weighted by Crippen LogP contribution is -2.42. The van der Waals surface area contributed by atoms with Crippen LogP contribution in [0.2, 0.25) is 0 Å². The highest BCUT2D eigenvalue weighted by atomic mass is 16.5. The van der Waals surface area contributed by atoms with E-state index in [4.69, 9.17) is 4.74 Å². The third kappa shape index (κ3) is 3.44.